The second kappa shape index (κ2) is 8.04. The number of nitrogens with zero attached hydrogens (tertiary/aromatic N) is 5. The molecule has 0 unspecified atom stereocenters. The Morgan fingerprint density at radius 3 is 2.12 bits per heavy atom. The first kappa shape index (κ1) is 17.3. The van der Waals surface area contributed by atoms with Gasteiger partial charge in [-0.25, -0.2) is 9.97 Å². The SMILES string of the molecule is CC1CCN(c2cc(N3CCN(Cc4ccccc4)CC3)ncn2)CC1. The smallest absolute Gasteiger partial charge is 0.134 e. The van der Waals surface area contributed by atoms with E-state index in [4.69, 9.17) is 0 Å². The zero-order valence-corrected chi connectivity index (χ0v) is 15.7. The van der Waals surface area contributed by atoms with Crippen LogP contribution in [0.5, 0.6) is 0 Å². The number of hydrogen-bond acceptors (Lipinski definition) is 5. The van der Waals surface area contributed by atoms with Crippen LogP contribution in [0.1, 0.15) is 25.3 Å². The zero-order valence-electron chi connectivity index (χ0n) is 15.7. The van der Waals surface area contributed by atoms with Crippen LogP contribution < -0.4 is 9.80 Å². The fourth-order valence-corrected chi connectivity index (χ4v) is 3.90. The Morgan fingerprint density at radius 2 is 1.46 bits per heavy atom. The highest BCUT2D eigenvalue weighted by atomic mass is 15.3. The van der Waals surface area contributed by atoms with E-state index in [0.717, 1.165) is 63.4 Å². The lowest BCUT2D eigenvalue weighted by Crippen LogP contribution is -2.46. The van der Waals surface area contributed by atoms with Gasteiger partial charge in [0, 0.05) is 51.9 Å². The van der Waals surface area contributed by atoms with Crippen LogP contribution in [0.2, 0.25) is 0 Å². The lowest BCUT2D eigenvalue weighted by molar-refractivity contribution is 0.249. The molecule has 2 saturated heterocycles. The van der Waals surface area contributed by atoms with Crippen molar-refractivity contribution >= 4 is 11.6 Å². The van der Waals surface area contributed by atoms with Gasteiger partial charge in [-0.2, -0.15) is 0 Å². The van der Waals surface area contributed by atoms with Crippen molar-refractivity contribution in [3.05, 3.63) is 48.3 Å². The van der Waals surface area contributed by atoms with Crippen molar-refractivity contribution in [3.8, 4) is 0 Å². The summed E-state index contributed by atoms with van der Waals surface area (Å²) < 4.78 is 0. The van der Waals surface area contributed by atoms with Crippen molar-refractivity contribution < 1.29 is 0 Å². The fourth-order valence-electron chi connectivity index (χ4n) is 3.90. The molecule has 0 radical (unpaired) electrons. The quantitative estimate of drug-likeness (QED) is 0.846. The molecular formula is C21H29N5. The third-order valence-electron chi connectivity index (χ3n) is 5.69. The maximum Gasteiger partial charge on any atom is 0.134 e. The lowest BCUT2D eigenvalue weighted by Gasteiger charge is -2.36. The Morgan fingerprint density at radius 1 is 0.846 bits per heavy atom. The van der Waals surface area contributed by atoms with Gasteiger partial charge < -0.3 is 9.80 Å². The summed E-state index contributed by atoms with van der Waals surface area (Å²) in [5.41, 5.74) is 1.39. The Kier molecular flexibility index (Phi) is 5.34. The number of piperidine rings is 1. The maximum atomic E-state index is 4.55. The molecule has 0 aliphatic carbocycles. The molecule has 0 saturated carbocycles. The highest BCUT2D eigenvalue weighted by Gasteiger charge is 2.21. The highest BCUT2D eigenvalue weighted by Crippen LogP contribution is 2.24. The van der Waals surface area contributed by atoms with Gasteiger partial charge in [-0.15, -0.1) is 0 Å². The third-order valence-corrected chi connectivity index (χ3v) is 5.69. The Balaban J connectivity index is 1.35. The van der Waals surface area contributed by atoms with Gasteiger partial charge in [-0.05, 0) is 24.3 Å². The summed E-state index contributed by atoms with van der Waals surface area (Å²) in [5, 5.41) is 0. The fraction of sp³-hybridized carbons (Fsp3) is 0.524. The van der Waals surface area contributed by atoms with E-state index in [-0.39, 0.29) is 0 Å². The first-order chi connectivity index (χ1) is 12.8. The van der Waals surface area contributed by atoms with Crippen molar-refractivity contribution in [3.63, 3.8) is 0 Å². The molecule has 1 aromatic heterocycles. The Bertz CT molecular complexity index is 689. The molecular weight excluding hydrogens is 322 g/mol. The van der Waals surface area contributed by atoms with Crippen molar-refractivity contribution in [1.82, 2.24) is 14.9 Å². The number of aromatic nitrogens is 2. The second-order valence-electron chi connectivity index (χ2n) is 7.65. The van der Waals surface area contributed by atoms with Crippen LogP contribution in [-0.2, 0) is 6.54 Å². The van der Waals surface area contributed by atoms with Crippen LogP contribution in [0, 0.1) is 5.92 Å². The molecule has 2 fully saturated rings. The van der Waals surface area contributed by atoms with Crippen LogP contribution in [0.25, 0.3) is 0 Å². The summed E-state index contributed by atoms with van der Waals surface area (Å²) in [6, 6.07) is 12.9. The molecule has 0 N–H and O–H groups in total. The van der Waals surface area contributed by atoms with Crippen LogP contribution in [0.4, 0.5) is 11.6 Å². The molecule has 5 heteroatoms. The molecule has 2 aliphatic heterocycles. The summed E-state index contributed by atoms with van der Waals surface area (Å²) >= 11 is 0. The van der Waals surface area contributed by atoms with Gasteiger partial charge in [0.2, 0.25) is 0 Å². The van der Waals surface area contributed by atoms with Gasteiger partial charge in [0.05, 0.1) is 0 Å². The molecule has 0 atom stereocenters. The van der Waals surface area contributed by atoms with Crippen LogP contribution in [0.3, 0.4) is 0 Å². The monoisotopic (exact) mass is 351 g/mol. The first-order valence-corrected chi connectivity index (χ1v) is 9.86. The molecule has 0 bridgehead atoms. The van der Waals surface area contributed by atoms with E-state index in [0.29, 0.717) is 0 Å². The van der Waals surface area contributed by atoms with Gasteiger partial charge >= 0.3 is 0 Å². The van der Waals surface area contributed by atoms with E-state index >= 15 is 0 Å². The first-order valence-electron chi connectivity index (χ1n) is 9.86. The molecule has 138 valence electrons. The van der Waals surface area contributed by atoms with E-state index in [9.17, 15) is 0 Å². The molecule has 0 spiro atoms. The van der Waals surface area contributed by atoms with E-state index in [2.05, 4.69) is 68.0 Å². The average Bonchev–Trinajstić information content (AvgIpc) is 2.70. The average molecular weight is 351 g/mol. The molecule has 26 heavy (non-hydrogen) atoms. The summed E-state index contributed by atoms with van der Waals surface area (Å²) in [5.74, 6) is 3.01. The summed E-state index contributed by atoms with van der Waals surface area (Å²) in [6.07, 6.45) is 4.26. The van der Waals surface area contributed by atoms with Gasteiger partial charge in [0.1, 0.15) is 18.0 Å². The van der Waals surface area contributed by atoms with Crippen molar-refractivity contribution in [2.24, 2.45) is 5.92 Å². The lowest BCUT2D eigenvalue weighted by atomic mass is 9.99. The standard InChI is InChI=1S/C21H29N5/c1-18-7-9-25(10-8-18)20-15-21(23-17-22-20)26-13-11-24(12-14-26)16-19-5-3-2-4-6-19/h2-6,15,17-18H,7-14,16H2,1H3. The minimum atomic E-state index is 0.838. The van der Waals surface area contributed by atoms with E-state index in [1.807, 2.05) is 0 Å². The van der Waals surface area contributed by atoms with Gasteiger partial charge in [-0.1, -0.05) is 37.3 Å². The minimum absolute atomic E-state index is 0.838. The topological polar surface area (TPSA) is 35.5 Å². The van der Waals surface area contributed by atoms with Crippen molar-refractivity contribution in [2.75, 3.05) is 49.1 Å². The van der Waals surface area contributed by atoms with Gasteiger partial charge in [0.15, 0.2) is 0 Å². The maximum absolute atomic E-state index is 4.55. The molecule has 2 aliphatic rings. The number of benzene rings is 1. The van der Waals surface area contributed by atoms with E-state index in [1.54, 1.807) is 6.33 Å². The molecule has 3 heterocycles. The Hall–Kier alpha value is -2.14. The van der Waals surface area contributed by atoms with Gasteiger partial charge in [0.25, 0.3) is 0 Å². The predicted octanol–water partition coefficient (Wildman–Crippen LogP) is 3.04. The Labute approximate surface area is 156 Å². The number of anilines is 2. The van der Waals surface area contributed by atoms with E-state index < -0.39 is 0 Å². The minimum Gasteiger partial charge on any atom is -0.356 e. The second-order valence-corrected chi connectivity index (χ2v) is 7.65. The number of rotatable bonds is 4. The van der Waals surface area contributed by atoms with Crippen molar-refractivity contribution in [1.29, 1.82) is 0 Å². The normalized spacial score (nSPS) is 19.7. The van der Waals surface area contributed by atoms with Crippen molar-refractivity contribution in [2.45, 2.75) is 26.3 Å². The predicted molar refractivity (Wildman–Crippen MR) is 107 cm³/mol. The molecule has 0 amide bonds. The molecule has 4 rings (SSSR count). The van der Waals surface area contributed by atoms with Crippen LogP contribution in [-0.4, -0.2) is 54.1 Å². The summed E-state index contributed by atoms with van der Waals surface area (Å²) in [6.45, 7) is 9.82. The van der Waals surface area contributed by atoms with Crippen LogP contribution >= 0.6 is 0 Å². The molecule has 1 aromatic carbocycles. The van der Waals surface area contributed by atoms with Gasteiger partial charge in [-0.3, -0.25) is 4.90 Å². The number of hydrogen-bond donors (Lipinski definition) is 0. The molecule has 2 aromatic rings. The van der Waals surface area contributed by atoms with E-state index in [1.165, 1.54) is 18.4 Å². The van der Waals surface area contributed by atoms with Crippen LogP contribution in [0.15, 0.2) is 42.7 Å². The highest BCUT2D eigenvalue weighted by molar-refractivity contribution is 5.50. The number of piperazine rings is 1. The largest absolute Gasteiger partial charge is 0.356 e. The zero-order chi connectivity index (χ0) is 17.8. The summed E-state index contributed by atoms with van der Waals surface area (Å²) in [7, 11) is 0. The summed E-state index contributed by atoms with van der Waals surface area (Å²) in [4.78, 5) is 16.4. The third kappa shape index (κ3) is 4.15. The molecule has 5 nitrogen and oxygen atoms in total.